The number of carbonyl (C=O) groups is 1. The van der Waals surface area contributed by atoms with E-state index >= 15 is 0 Å². The molecule has 2 rings (SSSR count). The molecule has 0 atom stereocenters. The van der Waals surface area contributed by atoms with E-state index in [4.69, 9.17) is 0 Å². The number of amides is 1. The predicted molar refractivity (Wildman–Crippen MR) is 98.8 cm³/mol. The number of hydrogen-bond donors (Lipinski definition) is 1. The zero-order valence-electron chi connectivity index (χ0n) is 15.3. The van der Waals surface area contributed by atoms with Crippen molar-refractivity contribution in [1.29, 1.82) is 0 Å². The average molecular weight is 386 g/mol. The Morgan fingerprint density at radius 2 is 1.81 bits per heavy atom. The van der Waals surface area contributed by atoms with Gasteiger partial charge in [-0.3, -0.25) is 9.69 Å². The quantitative estimate of drug-likeness (QED) is 0.659. The van der Waals surface area contributed by atoms with Crippen LogP contribution in [0.2, 0.25) is 0 Å². The number of carbonyl (C=O) groups excluding carboxylic acids is 1. The van der Waals surface area contributed by atoms with Crippen LogP contribution >= 0.6 is 0 Å². The van der Waals surface area contributed by atoms with Crippen molar-refractivity contribution in [2.45, 2.75) is 37.5 Å². The predicted octanol–water partition coefficient (Wildman–Crippen LogP) is 1.83. The second-order valence-electron chi connectivity index (χ2n) is 6.52. The van der Waals surface area contributed by atoms with Gasteiger partial charge in [0.2, 0.25) is 15.9 Å². The van der Waals surface area contributed by atoms with Crippen LogP contribution in [0.1, 0.15) is 32.6 Å². The van der Waals surface area contributed by atoms with Crippen LogP contribution in [0.3, 0.4) is 0 Å². The van der Waals surface area contributed by atoms with E-state index in [1.807, 2.05) is 4.90 Å². The molecule has 1 fully saturated rings. The van der Waals surface area contributed by atoms with E-state index in [1.54, 1.807) is 0 Å². The molecule has 0 unspecified atom stereocenters. The highest BCUT2D eigenvalue weighted by molar-refractivity contribution is 7.89. The molecule has 8 heteroatoms. The topological polar surface area (TPSA) is 69.7 Å². The largest absolute Gasteiger partial charge is 0.355 e. The zero-order valence-corrected chi connectivity index (χ0v) is 16.1. The normalized spacial score (nSPS) is 16.5. The average Bonchev–Trinajstić information content (AvgIpc) is 2.62. The molecule has 146 valence electrons. The molecule has 0 saturated carbocycles. The Balaban J connectivity index is 1.78. The molecule has 1 saturated heterocycles. The van der Waals surface area contributed by atoms with Crippen LogP contribution in [0.5, 0.6) is 0 Å². The van der Waals surface area contributed by atoms with Crippen LogP contribution in [0.4, 0.5) is 4.39 Å². The monoisotopic (exact) mass is 385 g/mol. The lowest BCUT2D eigenvalue weighted by molar-refractivity contribution is -0.122. The highest BCUT2D eigenvalue weighted by Crippen LogP contribution is 2.20. The summed E-state index contributed by atoms with van der Waals surface area (Å²) in [6, 6.07) is 5.40. The molecule has 0 radical (unpaired) electrons. The van der Waals surface area contributed by atoms with Crippen molar-refractivity contribution >= 4 is 15.9 Å². The summed E-state index contributed by atoms with van der Waals surface area (Å²) in [5.41, 5.74) is 0. The second kappa shape index (κ2) is 9.99. The molecular formula is C18H28FN3O3S. The summed E-state index contributed by atoms with van der Waals surface area (Å²) in [6.45, 7) is 4.50. The van der Waals surface area contributed by atoms with Crippen LogP contribution in [0, 0.1) is 5.82 Å². The SMILES string of the molecule is CCCCCCNC(=O)CN1CCN(S(=O)(=O)c2ccccc2F)CC1. The summed E-state index contributed by atoms with van der Waals surface area (Å²) >= 11 is 0. The molecule has 1 N–H and O–H groups in total. The van der Waals surface area contributed by atoms with Gasteiger partial charge in [-0.2, -0.15) is 4.31 Å². The third-order valence-corrected chi connectivity index (χ3v) is 6.44. The van der Waals surface area contributed by atoms with Crippen molar-refractivity contribution in [3.8, 4) is 0 Å². The standard InChI is InChI=1S/C18H28FN3O3S/c1-2-3-4-7-10-20-18(23)15-21-11-13-22(14-12-21)26(24,25)17-9-6-5-8-16(17)19/h5-6,8-9H,2-4,7,10-15H2,1H3,(H,20,23). The number of sulfonamides is 1. The minimum atomic E-state index is -3.84. The summed E-state index contributed by atoms with van der Waals surface area (Å²) in [5, 5.41) is 2.90. The first-order valence-electron chi connectivity index (χ1n) is 9.19. The number of benzene rings is 1. The minimum absolute atomic E-state index is 0.0353. The Morgan fingerprint density at radius 3 is 2.46 bits per heavy atom. The molecule has 0 aromatic heterocycles. The van der Waals surface area contributed by atoms with Gasteiger partial charge in [-0.1, -0.05) is 38.3 Å². The number of nitrogens with one attached hydrogen (secondary N) is 1. The van der Waals surface area contributed by atoms with Crippen LogP contribution < -0.4 is 5.32 Å². The molecule has 6 nitrogen and oxygen atoms in total. The van der Waals surface area contributed by atoms with Crippen LogP contribution in [-0.2, 0) is 14.8 Å². The van der Waals surface area contributed by atoms with Crippen molar-refractivity contribution in [3.05, 3.63) is 30.1 Å². The number of piperazine rings is 1. The van der Waals surface area contributed by atoms with Crippen LogP contribution in [-0.4, -0.2) is 62.8 Å². The smallest absolute Gasteiger partial charge is 0.246 e. The van der Waals surface area contributed by atoms with Gasteiger partial charge in [0.05, 0.1) is 6.54 Å². The Bertz CT molecular complexity index is 689. The summed E-state index contributed by atoms with van der Waals surface area (Å²) in [4.78, 5) is 13.6. The molecule has 0 aliphatic carbocycles. The highest BCUT2D eigenvalue weighted by atomic mass is 32.2. The molecule has 1 amide bonds. The van der Waals surface area contributed by atoms with Gasteiger partial charge in [0.1, 0.15) is 10.7 Å². The molecule has 1 aromatic rings. The van der Waals surface area contributed by atoms with Gasteiger partial charge >= 0.3 is 0 Å². The Labute approximate surface area is 155 Å². The maximum absolute atomic E-state index is 13.8. The summed E-state index contributed by atoms with van der Waals surface area (Å²) < 4.78 is 40.2. The van der Waals surface area contributed by atoms with Gasteiger partial charge in [0.15, 0.2) is 0 Å². The van der Waals surface area contributed by atoms with E-state index in [0.717, 1.165) is 25.3 Å². The fourth-order valence-electron chi connectivity index (χ4n) is 2.96. The van der Waals surface area contributed by atoms with E-state index in [2.05, 4.69) is 12.2 Å². The first-order valence-corrected chi connectivity index (χ1v) is 10.6. The lowest BCUT2D eigenvalue weighted by atomic mass is 10.2. The zero-order chi connectivity index (χ0) is 19.0. The number of nitrogens with zero attached hydrogens (tertiary/aromatic N) is 2. The second-order valence-corrected chi connectivity index (χ2v) is 8.43. The van der Waals surface area contributed by atoms with Gasteiger partial charge in [-0.05, 0) is 18.6 Å². The minimum Gasteiger partial charge on any atom is -0.355 e. The van der Waals surface area contributed by atoms with E-state index in [-0.39, 0.29) is 30.4 Å². The maximum atomic E-state index is 13.8. The molecule has 1 aromatic carbocycles. The number of rotatable bonds is 9. The van der Waals surface area contributed by atoms with Crippen molar-refractivity contribution in [2.75, 3.05) is 39.3 Å². The van der Waals surface area contributed by atoms with Gasteiger partial charge < -0.3 is 5.32 Å². The van der Waals surface area contributed by atoms with Crippen molar-refractivity contribution in [3.63, 3.8) is 0 Å². The van der Waals surface area contributed by atoms with Crippen LogP contribution in [0.15, 0.2) is 29.2 Å². The molecule has 0 bridgehead atoms. The van der Waals surface area contributed by atoms with Crippen molar-refractivity contribution in [2.24, 2.45) is 0 Å². The molecule has 1 aliphatic heterocycles. The summed E-state index contributed by atoms with van der Waals surface area (Å²) in [5.74, 6) is -0.774. The molecule has 26 heavy (non-hydrogen) atoms. The molecule has 0 spiro atoms. The van der Waals surface area contributed by atoms with Gasteiger partial charge in [0, 0.05) is 32.7 Å². The molecular weight excluding hydrogens is 357 g/mol. The maximum Gasteiger partial charge on any atom is 0.246 e. The third kappa shape index (κ3) is 5.75. The van der Waals surface area contributed by atoms with E-state index in [0.29, 0.717) is 19.6 Å². The van der Waals surface area contributed by atoms with Crippen molar-refractivity contribution in [1.82, 2.24) is 14.5 Å². The van der Waals surface area contributed by atoms with Crippen molar-refractivity contribution < 1.29 is 17.6 Å². The summed E-state index contributed by atoms with van der Waals surface area (Å²) in [6.07, 6.45) is 4.43. The van der Waals surface area contributed by atoms with Crippen LogP contribution in [0.25, 0.3) is 0 Å². The van der Waals surface area contributed by atoms with E-state index in [1.165, 1.54) is 28.9 Å². The Hall–Kier alpha value is -1.51. The summed E-state index contributed by atoms with van der Waals surface area (Å²) in [7, 11) is -3.84. The fraction of sp³-hybridized carbons (Fsp3) is 0.611. The highest BCUT2D eigenvalue weighted by Gasteiger charge is 2.30. The first-order chi connectivity index (χ1) is 12.4. The van der Waals surface area contributed by atoms with E-state index in [9.17, 15) is 17.6 Å². The Kier molecular flexibility index (Phi) is 7.99. The lowest BCUT2D eigenvalue weighted by Gasteiger charge is -2.33. The van der Waals surface area contributed by atoms with E-state index < -0.39 is 15.8 Å². The van der Waals surface area contributed by atoms with Gasteiger partial charge in [-0.25, -0.2) is 12.8 Å². The fourth-order valence-corrected chi connectivity index (χ4v) is 4.45. The lowest BCUT2D eigenvalue weighted by Crippen LogP contribution is -2.51. The van der Waals surface area contributed by atoms with Gasteiger partial charge in [0.25, 0.3) is 0 Å². The van der Waals surface area contributed by atoms with Gasteiger partial charge in [-0.15, -0.1) is 0 Å². The Morgan fingerprint density at radius 1 is 1.12 bits per heavy atom. The number of unbranched alkanes of at least 4 members (excludes halogenated alkanes) is 3. The molecule has 1 aliphatic rings. The number of halogens is 1. The first kappa shape index (κ1) is 20.8. The molecule has 1 heterocycles. The third-order valence-electron chi connectivity index (χ3n) is 4.51. The number of hydrogen-bond acceptors (Lipinski definition) is 4.